The average molecular weight is 159 g/mol. The second-order valence-electron chi connectivity index (χ2n) is 2.55. The topological polar surface area (TPSA) is 38.7 Å². The first-order valence-electron chi connectivity index (χ1n) is 3.96. The van der Waals surface area contributed by atoms with Crippen LogP contribution in [0.4, 0.5) is 0 Å². The number of aromatic nitrogens is 3. The van der Waals surface area contributed by atoms with Crippen LogP contribution in [0.25, 0.3) is 11.2 Å². The van der Waals surface area contributed by atoms with Crippen molar-refractivity contribution in [1.82, 2.24) is 15.0 Å². The highest BCUT2D eigenvalue weighted by molar-refractivity contribution is 5.72. The molecule has 0 aliphatic rings. The van der Waals surface area contributed by atoms with Gasteiger partial charge in [0.15, 0.2) is 5.65 Å². The van der Waals surface area contributed by atoms with Crippen LogP contribution in [0.2, 0.25) is 0 Å². The van der Waals surface area contributed by atoms with E-state index in [-0.39, 0.29) is 0 Å². The van der Waals surface area contributed by atoms with Crippen molar-refractivity contribution >= 4 is 11.2 Å². The normalized spacial score (nSPS) is 10.4. The molecule has 0 atom stereocenters. The minimum Gasteiger partial charge on any atom is -0.251 e. The van der Waals surface area contributed by atoms with Crippen LogP contribution in [0.5, 0.6) is 0 Å². The van der Waals surface area contributed by atoms with Crippen LogP contribution in [0, 0.1) is 0 Å². The summed E-state index contributed by atoms with van der Waals surface area (Å²) in [6, 6.07) is 1.98. The van der Waals surface area contributed by atoms with Crippen molar-refractivity contribution in [3.8, 4) is 0 Å². The molecule has 0 bridgehead atoms. The smallest absolute Gasteiger partial charge is 0.178 e. The maximum Gasteiger partial charge on any atom is 0.178 e. The van der Waals surface area contributed by atoms with Crippen LogP contribution in [0.3, 0.4) is 0 Å². The fraction of sp³-hybridized carbons (Fsp3) is 0.222. The zero-order chi connectivity index (χ0) is 8.39. The highest BCUT2D eigenvalue weighted by Gasteiger charge is 1.99. The van der Waals surface area contributed by atoms with E-state index in [9.17, 15) is 0 Å². The Labute approximate surface area is 70.5 Å². The summed E-state index contributed by atoms with van der Waals surface area (Å²) < 4.78 is 0. The van der Waals surface area contributed by atoms with E-state index in [0.717, 1.165) is 17.6 Å². The van der Waals surface area contributed by atoms with Crippen molar-refractivity contribution in [3.63, 3.8) is 0 Å². The fourth-order valence-corrected chi connectivity index (χ4v) is 1.21. The van der Waals surface area contributed by atoms with Crippen LogP contribution in [-0.4, -0.2) is 15.0 Å². The molecule has 0 radical (unpaired) electrons. The standard InChI is InChI=1S/C9H9N3/c1-2-7-3-4-11-9-8(7)10-5-6-12-9/h3-6H,2H2,1H3. The van der Waals surface area contributed by atoms with E-state index in [4.69, 9.17) is 0 Å². The van der Waals surface area contributed by atoms with Gasteiger partial charge in [-0.3, -0.25) is 4.98 Å². The van der Waals surface area contributed by atoms with Crippen molar-refractivity contribution in [2.45, 2.75) is 13.3 Å². The Hall–Kier alpha value is -1.51. The Bertz CT molecular complexity index is 392. The quantitative estimate of drug-likeness (QED) is 0.634. The first-order chi connectivity index (χ1) is 5.92. The van der Waals surface area contributed by atoms with E-state index in [0.29, 0.717) is 0 Å². The van der Waals surface area contributed by atoms with Crippen LogP contribution < -0.4 is 0 Å². The second-order valence-corrected chi connectivity index (χ2v) is 2.55. The van der Waals surface area contributed by atoms with Crippen molar-refractivity contribution in [2.75, 3.05) is 0 Å². The predicted molar refractivity (Wildman–Crippen MR) is 46.7 cm³/mol. The van der Waals surface area contributed by atoms with E-state index in [1.54, 1.807) is 18.6 Å². The lowest BCUT2D eigenvalue weighted by molar-refractivity contribution is 1.11. The third-order valence-corrected chi connectivity index (χ3v) is 1.84. The fourth-order valence-electron chi connectivity index (χ4n) is 1.21. The van der Waals surface area contributed by atoms with Gasteiger partial charge in [-0.25, -0.2) is 9.97 Å². The summed E-state index contributed by atoms with van der Waals surface area (Å²) in [5.74, 6) is 0. The second kappa shape index (κ2) is 2.85. The highest BCUT2D eigenvalue weighted by Crippen LogP contribution is 2.10. The molecule has 0 saturated carbocycles. The summed E-state index contributed by atoms with van der Waals surface area (Å²) in [6.07, 6.45) is 6.10. The lowest BCUT2D eigenvalue weighted by Crippen LogP contribution is -1.90. The van der Waals surface area contributed by atoms with E-state index in [2.05, 4.69) is 21.9 Å². The molecule has 0 aliphatic carbocycles. The summed E-state index contributed by atoms with van der Waals surface area (Å²) in [5, 5.41) is 0. The van der Waals surface area contributed by atoms with Gasteiger partial charge in [0, 0.05) is 18.6 Å². The number of rotatable bonds is 1. The van der Waals surface area contributed by atoms with Gasteiger partial charge in [0.05, 0.1) is 0 Å². The van der Waals surface area contributed by atoms with Gasteiger partial charge in [-0.15, -0.1) is 0 Å². The van der Waals surface area contributed by atoms with E-state index in [1.165, 1.54) is 5.56 Å². The molecule has 2 aromatic rings. The molecule has 0 aromatic carbocycles. The van der Waals surface area contributed by atoms with Crippen LogP contribution in [-0.2, 0) is 6.42 Å². The molecular formula is C9H9N3. The first kappa shape index (κ1) is 7.16. The SMILES string of the molecule is CCc1ccnc2nccnc12. The van der Waals surface area contributed by atoms with Crippen LogP contribution in [0.15, 0.2) is 24.7 Å². The molecule has 0 saturated heterocycles. The molecule has 0 aliphatic heterocycles. The van der Waals surface area contributed by atoms with Gasteiger partial charge < -0.3 is 0 Å². The minimum atomic E-state index is 0.733. The summed E-state index contributed by atoms with van der Waals surface area (Å²) in [5.41, 5.74) is 2.85. The monoisotopic (exact) mass is 159 g/mol. The van der Waals surface area contributed by atoms with Gasteiger partial charge in [-0.05, 0) is 18.1 Å². The molecule has 2 aromatic heterocycles. The van der Waals surface area contributed by atoms with Crippen molar-refractivity contribution < 1.29 is 0 Å². The Morgan fingerprint density at radius 1 is 1.08 bits per heavy atom. The summed E-state index contributed by atoms with van der Waals surface area (Å²) in [6.45, 7) is 2.10. The van der Waals surface area contributed by atoms with Gasteiger partial charge >= 0.3 is 0 Å². The van der Waals surface area contributed by atoms with E-state index in [1.807, 2.05) is 6.07 Å². The minimum absolute atomic E-state index is 0.733. The lowest BCUT2D eigenvalue weighted by Gasteiger charge is -1.99. The Balaban J connectivity index is 2.79. The molecule has 0 unspecified atom stereocenters. The Morgan fingerprint density at radius 3 is 2.67 bits per heavy atom. The molecule has 3 nitrogen and oxygen atoms in total. The number of pyridine rings is 1. The number of fused-ring (bicyclic) bond motifs is 1. The van der Waals surface area contributed by atoms with Gasteiger partial charge in [0.25, 0.3) is 0 Å². The van der Waals surface area contributed by atoms with Gasteiger partial charge in [-0.2, -0.15) is 0 Å². The summed E-state index contributed by atoms with van der Waals surface area (Å²) in [4.78, 5) is 12.5. The zero-order valence-electron chi connectivity index (χ0n) is 6.86. The molecule has 0 N–H and O–H groups in total. The molecule has 0 amide bonds. The maximum absolute atomic E-state index is 4.23. The molecule has 3 heteroatoms. The molecule has 0 fully saturated rings. The molecule has 12 heavy (non-hydrogen) atoms. The van der Waals surface area contributed by atoms with E-state index < -0.39 is 0 Å². The summed E-state index contributed by atoms with van der Waals surface area (Å²) in [7, 11) is 0. The first-order valence-corrected chi connectivity index (χ1v) is 3.96. The Kier molecular flexibility index (Phi) is 1.70. The molecule has 60 valence electrons. The summed E-state index contributed by atoms with van der Waals surface area (Å²) >= 11 is 0. The van der Waals surface area contributed by atoms with Crippen LogP contribution >= 0.6 is 0 Å². The zero-order valence-corrected chi connectivity index (χ0v) is 6.86. The Morgan fingerprint density at radius 2 is 1.83 bits per heavy atom. The third kappa shape index (κ3) is 1.03. The molecule has 2 heterocycles. The van der Waals surface area contributed by atoms with Crippen molar-refractivity contribution in [3.05, 3.63) is 30.2 Å². The highest BCUT2D eigenvalue weighted by atomic mass is 14.9. The maximum atomic E-state index is 4.23. The third-order valence-electron chi connectivity index (χ3n) is 1.84. The molecule has 0 spiro atoms. The van der Waals surface area contributed by atoms with Crippen LogP contribution in [0.1, 0.15) is 12.5 Å². The number of hydrogen-bond acceptors (Lipinski definition) is 3. The van der Waals surface area contributed by atoms with Gasteiger partial charge in [0.1, 0.15) is 5.52 Å². The van der Waals surface area contributed by atoms with Crippen molar-refractivity contribution in [1.29, 1.82) is 0 Å². The van der Waals surface area contributed by atoms with E-state index >= 15 is 0 Å². The number of aryl methyl sites for hydroxylation is 1. The molecule has 2 rings (SSSR count). The van der Waals surface area contributed by atoms with Gasteiger partial charge in [-0.1, -0.05) is 6.92 Å². The lowest BCUT2D eigenvalue weighted by atomic mass is 10.2. The van der Waals surface area contributed by atoms with Gasteiger partial charge in [0.2, 0.25) is 0 Å². The predicted octanol–water partition coefficient (Wildman–Crippen LogP) is 1.59. The van der Waals surface area contributed by atoms with Crippen molar-refractivity contribution in [2.24, 2.45) is 0 Å². The largest absolute Gasteiger partial charge is 0.251 e. The number of nitrogens with zero attached hydrogens (tertiary/aromatic N) is 3. The molecular weight excluding hydrogens is 150 g/mol. The average Bonchev–Trinajstić information content (AvgIpc) is 2.17. The number of hydrogen-bond donors (Lipinski definition) is 0.